The molecule has 0 bridgehead atoms. The molecule has 0 atom stereocenters. The van der Waals surface area contributed by atoms with E-state index in [1.165, 1.54) is 24.1 Å². The first-order chi connectivity index (χ1) is 13.2. The normalized spacial score (nSPS) is 17.8. The van der Waals surface area contributed by atoms with Gasteiger partial charge in [0.05, 0.1) is 6.61 Å². The quantitative estimate of drug-likeness (QED) is 0.833. The summed E-state index contributed by atoms with van der Waals surface area (Å²) in [5, 5.41) is 3.11. The molecule has 0 radical (unpaired) electrons. The van der Waals surface area contributed by atoms with Crippen molar-refractivity contribution in [1.82, 2.24) is 10.2 Å². The van der Waals surface area contributed by atoms with Crippen molar-refractivity contribution in [1.29, 1.82) is 0 Å². The number of rotatable bonds is 6. The van der Waals surface area contributed by atoms with Gasteiger partial charge in [-0.3, -0.25) is 4.79 Å². The van der Waals surface area contributed by atoms with Crippen molar-refractivity contribution in [3.8, 4) is 0 Å². The molecular weight excluding hydrogens is 342 g/mol. The molecule has 6 nitrogen and oxygen atoms in total. The van der Waals surface area contributed by atoms with E-state index in [0.717, 1.165) is 32.4 Å². The van der Waals surface area contributed by atoms with Crippen molar-refractivity contribution in [3.05, 3.63) is 29.8 Å². The molecule has 1 N–H and O–H groups in total. The monoisotopic (exact) mass is 373 g/mol. The van der Waals surface area contributed by atoms with E-state index in [1.807, 2.05) is 6.92 Å². The highest BCUT2D eigenvalue weighted by Gasteiger charge is 2.24. The van der Waals surface area contributed by atoms with E-state index in [2.05, 4.69) is 34.5 Å². The Labute approximate surface area is 161 Å². The Morgan fingerprint density at radius 2 is 1.74 bits per heavy atom. The molecule has 0 aromatic heterocycles. The van der Waals surface area contributed by atoms with E-state index in [4.69, 9.17) is 4.74 Å². The number of ether oxygens (including phenoxy) is 1. The first-order valence-electron chi connectivity index (χ1n) is 10.2. The average molecular weight is 373 g/mol. The molecule has 6 heteroatoms. The Hall–Kier alpha value is -2.24. The van der Waals surface area contributed by atoms with Crippen LogP contribution in [-0.4, -0.2) is 55.7 Å². The van der Waals surface area contributed by atoms with Gasteiger partial charge in [0.1, 0.15) is 0 Å². The lowest BCUT2D eigenvalue weighted by molar-refractivity contribution is -0.122. The molecule has 3 rings (SSSR count). The highest BCUT2D eigenvalue weighted by Crippen LogP contribution is 2.21. The molecule has 2 saturated heterocycles. The molecule has 2 fully saturated rings. The summed E-state index contributed by atoms with van der Waals surface area (Å²) in [4.78, 5) is 28.1. The van der Waals surface area contributed by atoms with Crippen LogP contribution < -0.4 is 10.2 Å². The third-order valence-corrected chi connectivity index (χ3v) is 5.43. The minimum atomic E-state index is -0.250. The predicted octanol–water partition coefficient (Wildman–Crippen LogP) is 2.96. The van der Waals surface area contributed by atoms with Crippen LogP contribution >= 0.6 is 0 Å². The first-order valence-corrected chi connectivity index (χ1v) is 10.2. The van der Waals surface area contributed by atoms with Gasteiger partial charge in [-0.25, -0.2) is 4.79 Å². The van der Waals surface area contributed by atoms with Crippen LogP contribution in [0.2, 0.25) is 0 Å². The van der Waals surface area contributed by atoms with Crippen LogP contribution in [0.25, 0.3) is 0 Å². The lowest BCUT2D eigenvalue weighted by Gasteiger charge is -2.31. The number of benzene rings is 1. The fourth-order valence-electron chi connectivity index (χ4n) is 3.83. The van der Waals surface area contributed by atoms with Gasteiger partial charge in [-0.1, -0.05) is 12.1 Å². The van der Waals surface area contributed by atoms with Crippen molar-refractivity contribution in [2.45, 2.75) is 51.5 Å². The molecule has 2 amide bonds. The molecule has 0 spiro atoms. The van der Waals surface area contributed by atoms with Crippen LogP contribution in [-0.2, 0) is 16.0 Å². The van der Waals surface area contributed by atoms with E-state index in [0.29, 0.717) is 26.1 Å². The summed E-state index contributed by atoms with van der Waals surface area (Å²) in [6.45, 7) is 5.79. The number of carbonyl (C=O) groups is 2. The largest absolute Gasteiger partial charge is 0.450 e. The summed E-state index contributed by atoms with van der Waals surface area (Å²) < 4.78 is 5.02. The van der Waals surface area contributed by atoms with E-state index in [1.54, 1.807) is 4.90 Å². The van der Waals surface area contributed by atoms with Gasteiger partial charge < -0.3 is 19.9 Å². The number of nitrogens with one attached hydrogen (secondary N) is 1. The Kier molecular flexibility index (Phi) is 6.96. The number of amides is 2. The lowest BCUT2D eigenvalue weighted by atomic mass is 10.0. The Morgan fingerprint density at radius 3 is 2.37 bits per heavy atom. The molecular formula is C21H31N3O3. The van der Waals surface area contributed by atoms with Gasteiger partial charge in [-0.05, 0) is 56.7 Å². The Balaban J connectivity index is 1.37. The first kappa shape index (κ1) is 19.5. The fourth-order valence-corrected chi connectivity index (χ4v) is 3.83. The number of nitrogens with zero attached hydrogens (tertiary/aromatic N) is 2. The zero-order chi connectivity index (χ0) is 19.1. The van der Waals surface area contributed by atoms with Gasteiger partial charge in [0.15, 0.2) is 0 Å². The van der Waals surface area contributed by atoms with Gasteiger partial charge in [0.2, 0.25) is 5.91 Å². The highest BCUT2D eigenvalue weighted by atomic mass is 16.6. The third-order valence-electron chi connectivity index (χ3n) is 5.43. The fraction of sp³-hybridized carbons (Fsp3) is 0.619. The number of likely N-dealkylation sites (tertiary alicyclic amines) is 1. The van der Waals surface area contributed by atoms with Gasteiger partial charge in [0, 0.05) is 44.3 Å². The third kappa shape index (κ3) is 5.62. The predicted molar refractivity (Wildman–Crippen MR) is 106 cm³/mol. The minimum Gasteiger partial charge on any atom is -0.450 e. The SMILES string of the molecule is CCOC(=O)N1CCC(NC(=O)CCc2ccc(N3CCCC3)cc2)CC1. The molecule has 27 heavy (non-hydrogen) atoms. The molecule has 0 aliphatic carbocycles. The summed E-state index contributed by atoms with van der Waals surface area (Å²) in [5.74, 6) is 0.0909. The highest BCUT2D eigenvalue weighted by molar-refractivity contribution is 5.76. The number of piperidine rings is 1. The second-order valence-electron chi connectivity index (χ2n) is 7.39. The standard InChI is InChI=1S/C21H31N3O3/c1-2-27-21(26)24-15-11-18(12-16-24)22-20(25)10-7-17-5-8-19(9-6-17)23-13-3-4-14-23/h5-6,8-9,18H,2-4,7,10-16H2,1H3,(H,22,25). The molecule has 1 aromatic rings. The maximum Gasteiger partial charge on any atom is 0.409 e. The van der Waals surface area contributed by atoms with Crippen LogP contribution in [0.1, 0.15) is 44.6 Å². The van der Waals surface area contributed by atoms with Crippen molar-refractivity contribution in [2.24, 2.45) is 0 Å². The molecule has 148 valence electrons. The van der Waals surface area contributed by atoms with Gasteiger partial charge in [-0.15, -0.1) is 0 Å². The van der Waals surface area contributed by atoms with Crippen LogP contribution in [0.4, 0.5) is 10.5 Å². The average Bonchev–Trinajstić information content (AvgIpc) is 3.22. The van der Waals surface area contributed by atoms with E-state index in [-0.39, 0.29) is 18.0 Å². The lowest BCUT2D eigenvalue weighted by Crippen LogP contribution is -2.46. The Morgan fingerprint density at radius 1 is 1.07 bits per heavy atom. The van der Waals surface area contributed by atoms with Crippen molar-refractivity contribution in [2.75, 3.05) is 37.7 Å². The number of carbonyl (C=O) groups excluding carboxylic acids is 2. The number of hydrogen-bond donors (Lipinski definition) is 1. The van der Waals surface area contributed by atoms with Crippen molar-refractivity contribution in [3.63, 3.8) is 0 Å². The second kappa shape index (κ2) is 9.62. The number of hydrogen-bond acceptors (Lipinski definition) is 4. The molecule has 1 aromatic carbocycles. The van der Waals surface area contributed by atoms with E-state index < -0.39 is 0 Å². The van der Waals surface area contributed by atoms with Crippen LogP contribution in [0.3, 0.4) is 0 Å². The minimum absolute atomic E-state index is 0.0909. The van der Waals surface area contributed by atoms with Crippen molar-refractivity contribution >= 4 is 17.7 Å². The Bertz CT molecular complexity index is 618. The van der Waals surface area contributed by atoms with Crippen LogP contribution in [0, 0.1) is 0 Å². The molecule has 2 aliphatic heterocycles. The maximum absolute atomic E-state index is 12.3. The van der Waals surface area contributed by atoms with Crippen molar-refractivity contribution < 1.29 is 14.3 Å². The summed E-state index contributed by atoms with van der Waals surface area (Å²) in [5.41, 5.74) is 2.49. The van der Waals surface area contributed by atoms with Gasteiger partial charge in [-0.2, -0.15) is 0 Å². The summed E-state index contributed by atoms with van der Waals surface area (Å²) in [6, 6.07) is 8.77. The molecule has 2 heterocycles. The van der Waals surface area contributed by atoms with Gasteiger partial charge in [0.25, 0.3) is 0 Å². The van der Waals surface area contributed by atoms with Crippen LogP contribution in [0.5, 0.6) is 0 Å². The number of aryl methyl sites for hydroxylation is 1. The maximum atomic E-state index is 12.3. The summed E-state index contributed by atoms with van der Waals surface area (Å²) >= 11 is 0. The number of anilines is 1. The summed E-state index contributed by atoms with van der Waals surface area (Å²) in [6.07, 6.45) is 5.14. The smallest absolute Gasteiger partial charge is 0.409 e. The van der Waals surface area contributed by atoms with E-state index >= 15 is 0 Å². The topological polar surface area (TPSA) is 61.9 Å². The molecule has 0 saturated carbocycles. The van der Waals surface area contributed by atoms with Crippen LogP contribution in [0.15, 0.2) is 24.3 Å². The zero-order valence-corrected chi connectivity index (χ0v) is 16.3. The molecule has 0 unspecified atom stereocenters. The van der Waals surface area contributed by atoms with Gasteiger partial charge >= 0.3 is 6.09 Å². The summed E-state index contributed by atoms with van der Waals surface area (Å²) in [7, 11) is 0. The molecule has 2 aliphatic rings. The zero-order valence-electron chi connectivity index (χ0n) is 16.3. The second-order valence-corrected chi connectivity index (χ2v) is 7.39. The van der Waals surface area contributed by atoms with E-state index in [9.17, 15) is 9.59 Å².